The average Bonchev–Trinajstić information content (AvgIpc) is 3.28. The van der Waals surface area contributed by atoms with Crippen LogP contribution >= 0.6 is 0 Å². The first-order valence-electron chi connectivity index (χ1n) is 8.45. The highest BCUT2D eigenvalue weighted by atomic mass is 19.1. The Morgan fingerprint density at radius 3 is 2.80 bits per heavy atom. The highest BCUT2D eigenvalue weighted by Crippen LogP contribution is 2.21. The molecule has 1 aliphatic rings. The van der Waals surface area contributed by atoms with E-state index in [9.17, 15) is 4.39 Å². The second kappa shape index (κ2) is 7.06. The lowest BCUT2D eigenvalue weighted by atomic mass is 10.2. The Balaban J connectivity index is 1.43. The largest absolute Gasteiger partial charge is 0.294 e. The summed E-state index contributed by atoms with van der Waals surface area (Å²) in [5.41, 5.74) is 1.84. The number of rotatable bonds is 5. The van der Waals surface area contributed by atoms with Gasteiger partial charge in [-0.05, 0) is 54.4 Å². The fourth-order valence-electron chi connectivity index (χ4n) is 3.24. The third kappa shape index (κ3) is 3.71. The first-order chi connectivity index (χ1) is 12.3. The molecule has 0 unspecified atom stereocenters. The maximum Gasteiger partial charge on any atom is 0.223 e. The summed E-state index contributed by atoms with van der Waals surface area (Å²) in [5, 5.41) is 12.7. The molecule has 0 N–H and O–H groups in total. The molecule has 2 aromatic heterocycles. The molecule has 0 aliphatic carbocycles. The number of nitrogens with zero attached hydrogens (tertiary/aromatic N) is 6. The van der Waals surface area contributed by atoms with Crippen LogP contribution in [0.5, 0.6) is 0 Å². The van der Waals surface area contributed by atoms with E-state index in [1.165, 1.54) is 12.1 Å². The number of hydrogen-bond acceptors (Lipinski definition) is 5. The molecule has 3 aromatic rings. The minimum Gasteiger partial charge on any atom is -0.294 e. The number of likely N-dealkylation sites (tertiary alicyclic amines) is 1. The molecule has 1 aromatic carbocycles. The number of benzene rings is 1. The van der Waals surface area contributed by atoms with Gasteiger partial charge in [-0.15, -0.1) is 10.2 Å². The standard InChI is InChI=1S/C18H19FN6/c19-15-8-6-14(7-9-15)12-24-11-3-4-16(24)13-25-22-18(21-23-25)17-5-1-2-10-20-17/h1-2,5-10,16H,3-4,11-13H2/t16-/m1/s1. The Morgan fingerprint density at radius 2 is 2.00 bits per heavy atom. The van der Waals surface area contributed by atoms with Gasteiger partial charge in [-0.2, -0.15) is 4.80 Å². The fourth-order valence-corrected chi connectivity index (χ4v) is 3.24. The Labute approximate surface area is 145 Å². The Bertz CT molecular complexity index is 817. The minimum atomic E-state index is -0.199. The molecule has 0 radical (unpaired) electrons. The van der Waals surface area contributed by atoms with E-state index in [0.29, 0.717) is 18.4 Å². The van der Waals surface area contributed by atoms with Crippen LogP contribution in [0, 0.1) is 5.82 Å². The van der Waals surface area contributed by atoms with Crippen molar-refractivity contribution in [2.24, 2.45) is 0 Å². The van der Waals surface area contributed by atoms with Crippen LogP contribution in [-0.2, 0) is 13.1 Å². The minimum absolute atomic E-state index is 0.199. The Morgan fingerprint density at radius 1 is 1.12 bits per heavy atom. The van der Waals surface area contributed by atoms with Gasteiger partial charge >= 0.3 is 0 Å². The molecular weight excluding hydrogens is 319 g/mol. The van der Waals surface area contributed by atoms with Crippen LogP contribution < -0.4 is 0 Å². The van der Waals surface area contributed by atoms with Crippen molar-refractivity contribution >= 4 is 0 Å². The number of pyridine rings is 1. The van der Waals surface area contributed by atoms with Gasteiger partial charge in [-0.1, -0.05) is 18.2 Å². The van der Waals surface area contributed by atoms with Crippen molar-refractivity contribution in [1.29, 1.82) is 0 Å². The van der Waals surface area contributed by atoms with E-state index >= 15 is 0 Å². The molecule has 3 heterocycles. The average molecular weight is 338 g/mol. The SMILES string of the molecule is Fc1ccc(CN2CCC[C@@H]2Cn2nnc(-c3ccccn3)n2)cc1. The lowest BCUT2D eigenvalue weighted by molar-refractivity contribution is 0.211. The lowest BCUT2D eigenvalue weighted by Gasteiger charge is -2.23. The first-order valence-corrected chi connectivity index (χ1v) is 8.45. The van der Waals surface area contributed by atoms with Crippen molar-refractivity contribution in [2.45, 2.75) is 32.0 Å². The zero-order valence-electron chi connectivity index (χ0n) is 13.8. The molecule has 4 rings (SSSR count). The van der Waals surface area contributed by atoms with Crippen LogP contribution in [0.1, 0.15) is 18.4 Å². The van der Waals surface area contributed by atoms with E-state index in [1.807, 2.05) is 30.3 Å². The zero-order valence-corrected chi connectivity index (χ0v) is 13.8. The maximum atomic E-state index is 13.1. The third-order valence-electron chi connectivity index (χ3n) is 4.52. The molecule has 0 amide bonds. The van der Waals surface area contributed by atoms with E-state index < -0.39 is 0 Å². The summed E-state index contributed by atoms with van der Waals surface area (Å²) in [6.45, 7) is 2.54. The summed E-state index contributed by atoms with van der Waals surface area (Å²) in [4.78, 5) is 8.30. The van der Waals surface area contributed by atoms with Gasteiger partial charge in [0.15, 0.2) is 0 Å². The first kappa shape index (κ1) is 15.8. The summed E-state index contributed by atoms with van der Waals surface area (Å²) < 4.78 is 13.1. The molecule has 1 fully saturated rings. The molecule has 1 saturated heterocycles. The van der Waals surface area contributed by atoms with E-state index in [1.54, 1.807) is 11.0 Å². The van der Waals surface area contributed by atoms with Gasteiger partial charge in [0.05, 0.1) is 6.54 Å². The lowest BCUT2D eigenvalue weighted by Crippen LogP contribution is -2.33. The zero-order chi connectivity index (χ0) is 17.1. The quantitative estimate of drug-likeness (QED) is 0.715. The molecule has 1 atom stereocenters. The summed E-state index contributed by atoms with van der Waals surface area (Å²) in [6, 6.07) is 12.7. The van der Waals surface area contributed by atoms with Crippen molar-refractivity contribution in [2.75, 3.05) is 6.54 Å². The highest BCUT2D eigenvalue weighted by molar-refractivity contribution is 5.46. The van der Waals surface area contributed by atoms with Crippen LogP contribution in [0.4, 0.5) is 4.39 Å². The van der Waals surface area contributed by atoms with E-state index in [4.69, 9.17) is 0 Å². The van der Waals surface area contributed by atoms with E-state index in [-0.39, 0.29) is 5.82 Å². The van der Waals surface area contributed by atoms with Crippen molar-refractivity contribution in [3.05, 3.63) is 60.0 Å². The summed E-state index contributed by atoms with van der Waals surface area (Å²) >= 11 is 0. The molecule has 25 heavy (non-hydrogen) atoms. The van der Waals surface area contributed by atoms with Crippen LogP contribution in [0.3, 0.4) is 0 Å². The predicted octanol–water partition coefficient (Wildman–Crippen LogP) is 2.54. The second-order valence-electron chi connectivity index (χ2n) is 6.28. The van der Waals surface area contributed by atoms with Crippen LogP contribution in [0.25, 0.3) is 11.5 Å². The van der Waals surface area contributed by atoms with Gasteiger partial charge in [0.1, 0.15) is 11.5 Å². The Kier molecular flexibility index (Phi) is 4.47. The topological polar surface area (TPSA) is 59.7 Å². The van der Waals surface area contributed by atoms with Crippen molar-refractivity contribution in [3.8, 4) is 11.5 Å². The van der Waals surface area contributed by atoms with Gasteiger partial charge in [0.25, 0.3) is 0 Å². The number of halogens is 1. The number of aromatic nitrogens is 5. The summed E-state index contributed by atoms with van der Waals surface area (Å²) in [5.74, 6) is 0.347. The van der Waals surface area contributed by atoms with E-state index in [2.05, 4.69) is 25.3 Å². The van der Waals surface area contributed by atoms with Gasteiger partial charge in [-0.3, -0.25) is 9.88 Å². The highest BCUT2D eigenvalue weighted by Gasteiger charge is 2.25. The molecule has 128 valence electrons. The predicted molar refractivity (Wildman–Crippen MR) is 90.9 cm³/mol. The number of hydrogen-bond donors (Lipinski definition) is 0. The van der Waals surface area contributed by atoms with Crippen molar-refractivity contribution < 1.29 is 4.39 Å². The summed E-state index contributed by atoms with van der Waals surface area (Å²) in [6.07, 6.45) is 3.97. The monoisotopic (exact) mass is 338 g/mol. The Hall–Kier alpha value is -2.67. The molecular formula is C18H19FN6. The number of tetrazole rings is 1. The van der Waals surface area contributed by atoms with Crippen LogP contribution in [0.15, 0.2) is 48.7 Å². The normalized spacial score (nSPS) is 17.9. The molecule has 0 saturated carbocycles. The summed E-state index contributed by atoms with van der Waals surface area (Å²) in [7, 11) is 0. The third-order valence-corrected chi connectivity index (χ3v) is 4.52. The van der Waals surface area contributed by atoms with Gasteiger partial charge in [0, 0.05) is 18.8 Å². The molecule has 6 nitrogen and oxygen atoms in total. The van der Waals surface area contributed by atoms with Crippen LogP contribution in [0.2, 0.25) is 0 Å². The molecule has 0 spiro atoms. The second-order valence-corrected chi connectivity index (χ2v) is 6.28. The van der Waals surface area contributed by atoms with Crippen molar-refractivity contribution in [1.82, 2.24) is 30.1 Å². The molecule has 0 bridgehead atoms. The van der Waals surface area contributed by atoms with Crippen LogP contribution in [-0.4, -0.2) is 42.7 Å². The van der Waals surface area contributed by atoms with Gasteiger partial charge in [-0.25, -0.2) is 4.39 Å². The van der Waals surface area contributed by atoms with Gasteiger partial charge in [0.2, 0.25) is 5.82 Å². The molecule has 7 heteroatoms. The maximum absolute atomic E-state index is 13.1. The van der Waals surface area contributed by atoms with E-state index in [0.717, 1.165) is 37.2 Å². The molecule has 1 aliphatic heterocycles. The van der Waals surface area contributed by atoms with Gasteiger partial charge < -0.3 is 0 Å². The van der Waals surface area contributed by atoms with Crippen molar-refractivity contribution in [3.63, 3.8) is 0 Å². The smallest absolute Gasteiger partial charge is 0.223 e. The fraction of sp³-hybridized carbons (Fsp3) is 0.333.